The summed E-state index contributed by atoms with van der Waals surface area (Å²) in [7, 11) is 2.23. The van der Waals surface area contributed by atoms with Gasteiger partial charge in [-0.3, -0.25) is 4.79 Å². The van der Waals surface area contributed by atoms with Crippen molar-refractivity contribution < 1.29 is 4.79 Å². The Morgan fingerprint density at radius 3 is 2.21 bits per heavy atom. The number of aryl methyl sites for hydroxylation is 2. The van der Waals surface area contributed by atoms with Crippen molar-refractivity contribution in [2.45, 2.75) is 63.8 Å². The summed E-state index contributed by atoms with van der Waals surface area (Å²) in [6, 6.07) is 17.8. The molecule has 2 nitrogen and oxygen atoms in total. The van der Waals surface area contributed by atoms with Crippen LogP contribution in [0.2, 0.25) is 0 Å². The van der Waals surface area contributed by atoms with Gasteiger partial charge in [0, 0.05) is 12.0 Å². The van der Waals surface area contributed by atoms with Crippen molar-refractivity contribution in [3.05, 3.63) is 70.8 Å². The second kappa shape index (κ2) is 8.61. The van der Waals surface area contributed by atoms with Gasteiger partial charge in [-0.25, -0.2) is 0 Å². The Kier molecular flexibility index (Phi) is 5.96. The van der Waals surface area contributed by atoms with E-state index in [2.05, 4.69) is 67.4 Å². The topological polar surface area (TPSA) is 20.3 Å². The van der Waals surface area contributed by atoms with Gasteiger partial charge in [0.1, 0.15) is 5.78 Å². The maximum absolute atomic E-state index is 13.9. The molecule has 0 radical (unpaired) electrons. The van der Waals surface area contributed by atoms with Crippen LogP contribution in [0.5, 0.6) is 0 Å². The second-order valence-corrected chi connectivity index (χ2v) is 8.73. The number of piperidine rings is 1. The molecule has 0 N–H and O–H groups in total. The molecule has 28 heavy (non-hydrogen) atoms. The first-order chi connectivity index (χ1) is 13.7. The summed E-state index contributed by atoms with van der Waals surface area (Å²) in [5.74, 6) is 0.550. The molecule has 1 aliphatic carbocycles. The van der Waals surface area contributed by atoms with Crippen molar-refractivity contribution in [2.24, 2.45) is 5.92 Å². The van der Waals surface area contributed by atoms with E-state index in [9.17, 15) is 4.79 Å². The molecule has 2 aromatic carbocycles. The van der Waals surface area contributed by atoms with E-state index in [1.54, 1.807) is 0 Å². The van der Waals surface area contributed by atoms with E-state index in [4.69, 9.17) is 0 Å². The molecule has 2 unspecified atom stereocenters. The van der Waals surface area contributed by atoms with Gasteiger partial charge in [-0.15, -0.1) is 0 Å². The number of Topliss-reactive ketones (excluding diaryl/α,β-unsaturated/α-hetero) is 1. The maximum Gasteiger partial charge on any atom is 0.147 e. The zero-order valence-corrected chi connectivity index (χ0v) is 17.4. The quantitative estimate of drug-likeness (QED) is 0.698. The molecular formula is C26H33NO. The second-order valence-electron chi connectivity index (χ2n) is 8.73. The Balaban J connectivity index is 1.67. The van der Waals surface area contributed by atoms with Crippen molar-refractivity contribution in [1.29, 1.82) is 0 Å². The number of nitrogens with zero attached hydrogens (tertiary/aromatic N) is 1. The predicted molar refractivity (Wildman–Crippen MR) is 116 cm³/mol. The summed E-state index contributed by atoms with van der Waals surface area (Å²) in [5.41, 5.74) is 5.21. The third-order valence-electron chi connectivity index (χ3n) is 6.98. The first-order valence-corrected chi connectivity index (χ1v) is 11.1. The van der Waals surface area contributed by atoms with Crippen LogP contribution in [-0.2, 0) is 17.6 Å². The Bertz CT molecular complexity index is 779. The van der Waals surface area contributed by atoms with Crippen LogP contribution in [0, 0.1) is 5.92 Å². The normalized spacial score (nSPS) is 22.9. The summed E-state index contributed by atoms with van der Waals surface area (Å²) in [4.78, 5) is 16.4. The predicted octanol–water partition coefficient (Wildman–Crippen LogP) is 5.39. The number of rotatable bonds is 5. The molecule has 0 amide bonds. The van der Waals surface area contributed by atoms with Crippen LogP contribution < -0.4 is 0 Å². The Morgan fingerprint density at radius 2 is 1.61 bits per heavy atom. The average molecular weight is 376 g/mol. The van der Waals surface area contributed by atoms with Crippen molar-refractivity contribution in [3.8, 4) is 0 Å². The standard InChI is InChI=1S/C26H33NO/c1-3-4-11-22-18-21(16-17-27(22)2)26(28)25-23-12-7-5-9-19(23)14-15-20-10-6-8-13-24(20)25/h5-10,12-13,21-22,25H,3-4,11,14-18H2,1-2H3. The monoisotopic (exact) mass is 375 g/mol. The first kappa shape index (κ1) is 19.4. The fourth-order valence-corrected chi connectivity index (χ4v) is 5.27. The number of carbonyl (C=O) groups excluding carboxylic acids is 1. The van der Waals surface area contributed by atoms with Gasteiger partial charge in [0.15, 0.2) is 0 Å². The lowest BCUT2D eigenvalue weighted by Gasteiger charge is -2.38. The Morgan fingerprint density at radius 1 is 1.00 bits per heavy atom. The number of benzene rings is 2. The third-order valence-corrected chi connectivity index (χ3v) is 6.98. The molecule has 2 aliphatic rings. The highest BCUT2D eigenvalue weighted by molar-refractivity contribution is 5.92. The number of hydrogen-bond acceptors (Lipinski definition) is 2. The molecule has 2 atom stereocenters. The number of hydrogen-bond donors (Lipinski definition) is 0. The van der Waals surface area contributed by atoms with Gasteiger partial charge < -0.3 is 4.90 Å². The van der Waals surface area contributed by atoms with Crippen LogP contribution >= 0.6 is 0 Å². The van der Waals surface area contributed by atoms with E-state index in [1.807, 2.05) is 0 Å². The van der Waals surface area contributed by atoms with Gasteiger partial charge in [-0.1, -0.05) is 68.3 Å². The van der Waals surface area contributed by atoms with Gasteiger partial charge in [0.25, 0.3) is 0 Å². The molecule has 148 valence electrons. The number of fused-ring (bicyclic) bond motifs is 2. The molecule has 0 bridgehead atoms. The molecule has 1 aliphatic heterocycles. The van der Waals surface area contributed by atoms with Crippen LogP contribution in [0.25, 0.3) is 0 Å². The van der Waals surface area contributed by atoms with Crippen LogP contribution in [0.1, 0.15) is 67.2 Å². The zero-order chi connectivity index (χ0) is 19.5. The molecular weight excluding hydrogens is 342 g/mol. The lowest BCUT2D eigenvalue weighted by Crippen LogP contribution is -2.43. The third kappa shape index (κ3) is 3.80. The number of unbranched alkanes of at least 4 members (excludes halogenated alkanes) is 1. The van der Waals surface area contributed by atoms with E-state index < -0.39 is 0 Å². The first-order valence-electron chi connectivity index (χ1n) is 11.1. The summed E-state index contributed by atoms with van der Waals surface area (Å²) in [6.45, 7) is 3.30. The minimum atomic E-state index is -0.0878. The zero-order valence-electron chi connectivity index (χ0n) is 17.4. The molecule has 1 heterocycles. The van der Waals surface area contributed by atoms with Gasteiger partial charge >= 0.3 is 0 Å². The van der Waals surface area contributed by atoms with Crippen molar-refractivity contribution >= 4 is 5.78 Å². The summed E-state index contributed by atoms with van der Waals surface area (Å²) < 4.78 is 0. The molecule has 1 saturated heterocycles. The van der Waals surface area contributed by atoms with E-state index >= 15 is 0 Å². The number of carbonyl (C=O) groups is 1. The lowest BCUT2D eigenvalue weighted by molar-refractivity contribution is -0.125. The smallest absolute Gasteiger partial charge is 0.147 e. The summed E-state index contributed by atoms with van der Waals surface area (Å²) >= 11 is 0. The molecule has 0 aromatic heterocycles. The highest BCUT2D eigenvalue weighted by atomic mass is 16.1. The summed E-state index contributed by atoms with van der Waals surface area (Å²) in [5, 5.41) is 0. The summed E-state index contributed by atoms with van der Waals surface area (Å²) in [6.07, 6.45) is 7.79. The van der Waals surface area contributed by atoms with Crippen LogP contribution in [0.15, 0.2) is 48.5 Å². The number of likely N-dealkylation sites (tertiary alicyclic amines) is 1. The van der Waals surface area contributed by atoms with Crippen molar-refractivity contribution in [2.75, 3.05) is 13.6 Å². The molecule has 1 fully saturated rings. The Labute approximate surface area is 170 Å². The fraction of sp³-hybridized carbons (Fsp3) is 0.500. The molecule has 0 saturated carbocycles. The van der Waals surface area contributed by atoms with Gasteiger partial charge in [-0.05, 0) is 68.0 Å². The van der Waals surface area contributed by atoms with Crippen molar-refractivity contribution in [3.63, 3.8) is 0 Å². The maximum atomic E-state index is 13.9. The van der Waals surface area contributed by atoms with Gasteiger partial charge in [0.2, 0.25) is 0 Å². The SMILES string of the molecule is CCCCC1CC(C(=O)C2c3ccccc3CCc3ccccc32)CCN1C. The van der Waals surface area contributed by atoms with Gasteiger partial charge in [-0.2, -0.15) is 0 Å². The van der Waals surface area contributed by atoms with Crippen molar-refractivity contribution in [1.82, 2.24) is 4.90 Å². The van der Waals surface area contributed by atoms with E-state index in [-0.39, 0.29) is 11.8 Å². The highest BCUT2D eigenvalue weighted by Crippen LogP contribution is 2.39. The number of ketones is 1. The van der Waals surface area contributed by atoms with Crippen LogP contribution in [0.4, 0.5) is 0 Å². The molecule has 4 rings (SSSR count). The van der Waals surface area contributed by atoms with E-state index in [0.717, 1.165) is 32.2 Å². The van der Waals surface area contributed by atoms with Crippen LogP contribution in [0.3, 0.4) is 0 Å². The molecule has 2 aromatic rings. The van der Waals surface area contributed by atoms with E-state index in [0.29, 0.717) is 11.8 Å². The molecule has 2 heteroatoms. The highest BCUT2D eigenvalue weighted by Gasteiger charge is 2.37. The van der Waals surface area contributed by atoms with E-state index in [1.165, 1.54) is 41.5 Å². The largest absolute Gasteiger partial charge is 0.303 e. The minimum absolute atomic E-state index is 0.0878. The average Bonchev–Trinajstić information content (AvgIpc) is 2.89. The minimum Gasteiger partial charge on any atom is -0.303 e. The Hall–Kier alpha value is -1.93. The molecule has 0 spiro atoms. The fourth-order valence-electron chi connectivity index (χ4n) is 5.27. The van der Waals surface area contributed by atoms with Crippen LogP contribution in [-0.4, -0.2) is 30.3 Å². The lowest BCUT2D eigenvalue weighted by atomic mass is 9.76. The van der Waals surface area contributed by atoms with Gasteiger partial charge in [0.05, 0.1) is 5.92 Å².